The SMILES string of the molecule is CCn1nc(-c2ccc(OC)cc2OC)cc1C(=O)Nc1cccc(C(F)(F)F)c1. The highest BCUT2D eigenvalue weighted by molar-refractivity contribution is 6.03. The maximum absolute atomic E-state index is 12.9. The van der Waals surface area contributed by atoms with Crippen molar-refractivity contribution in [2.75, 3.05) is 19.5 Å². The quantitative estimate of drug-likeness (QED) is 0.620. The second-order valence-electron chi connectivity index (χ2n) is 6.33. The summed E-state index contributed by atoms with van der Waals surface area (Å²) in [7, 11) is 3.05. The van der Waals surface area contributed by atoms with E-state index in [1.54, 1.807) is 24.3 Å². The molecule has 0 aliphatic carbocycles. The van der Waals surface area contributed by atoms with Gasteiger partial charge in [0.05, 0.1) is 25.5 Å². The number of rotatable bonds is 6. The zero-order valence-electron chi connectivity index (χ0n) is 16.6. The summed E-state index contributed by atoms with van der Waals surface area (Å²) < 4.78 is 50.8. The Kier molecular flexibility index (Phi) is 6.00. The molecule has 0 aliphatic heterocycles. The second-order valence-corrected chi connectivity index (χ2v) is 6.33. The van der Waals surface area contributed by atoms with E-state index >= 15 is 0 Å². The van der Waals surface area contributed by atoms with Crippen LogP contribution in [0, 0.1) is 0 Å². The lowest BCUT2D eigenvalue weighted by Crippen LogP contribution is -2.17. The van der Waals surface area contributed by atoms with Crippen molar-refractivity contribution >= 4 is 11.6 Å². The molecular weight excluding hydrogens is 399 g/mol. The molecule has 30 heavy (non-hydrogen) atoms. The maximum Gasteiger partial charge on any atom is 0.416 e. The van der Waals surface area contributed by atoms with E-state index in [9.17, 15) is 18.0 Å². The lowest BCUT2D eigenvalue weighted by molar-refractivity contribution is -0.137. The molecule has 1 amide bonds. The van der Waals surface area contributed by atoms with Gasteiger partial charge in [-0.3, -0.25) is 9.48 Å². The number of amides is 1. The number of anilines is 1. The number of benzene rings is 2. The maximum atomic E-state index is 12.9. The van der Waals surface area contributed by atoms with Crippen molar-refractivity contribution in [3.05, 3.63) is 59.8 Å². The monoisotopic (exact) mass is 419 g/mol. The van der Waals surface area contributed by atoms with Gasteiger partial charge in [-0.15, -0.1) is 0 Å². The number of halogens is 3. The molecule has 1 N–H and O–H groups in total. The zero-order chi connectivity index (χ0) is 21.9. The third-order valence-corrected chi connectivity index (χ3v) is 4.44. The van der Waals surface area contributed by atoms with Crippen molar-refractivity contribution in [2.24, 2.45) is 0 Å². The normalized spacial score (nSPS) is 11.3. The predicted molar refractivity (Wildman–Crippen MR) is 106 cm³/mol. The molecule has 3 aromatic rings. The number of methoxy groups -OCH3 is 2. The highest BCUT2D eigenvalue weighted by Crippen LogP contribution is 2.33. The fraction of sp³-hybridized carbons (Fsp3) is 0.238. The lowest BCUT2D eigenvalue weighted by atomic mass is 10.1. The lowest BCUT2D eigenvalue weighted by Gasteiger charge is -2.10. The van der Waals surface area contributed by atoms with E-state index in [0.29, 0.717) is 29.3 Å². The minimum absolute atomic E-state index is 0.0438. The molecule has 1 aromatic heterocycles. The van der Waals surface area contributed by atoms with Gasteiger partial charge >= 0.3 is 6.18 Å². The summed E-state index contributed by atoms with van der Waals surface area (Å²) in [5, 5.41) is 6.94. The first-order valence-electron chi connectivity index (χ1n) is 9.05. The number of hydrogen-bond donors (Lipinski definition) is 1. The van der Waals surface area contributed by atoms with Crippen LogP contribution in [0.15, 0.2) is 48.5 Å². The first-order valence-corrected chi connectivity index (χ1v) is 9.05. The minimum Gasteiger partial charge on any atom is -0.497 e. The average Bonchev–Trinajstić information content (AvgIpc) is 3.17. The fourth-order valence-electron chi connectivity index (χ4n) is 2.95. The zero-order valence-corrected chi connectivity index (χ0v) is 16.6. The molecule has 0 radical (unpaired) electrons. The molecule has 0 spiro atoms. The van der Waals surface area contributed by atoms with E-state index in [0.717, 1.165) is 12.1 Å². The molecule has 0 saturated carbocycles. The Morgan fingerprint density at radius 3 is 2.50 bits per heavy atom. The van der Waals surface area contributed by atoms with Gasteiger partial charge in [-0.2, -0.15) is 18.3 Å². The highest BCUT2D eigenvalue weighted by Gasteiger charge is 2.30. The molecule has 0 atom stereocenters. The molecule has 0 saturated heterocycles. The van der Waals surface area contributed by atoms with Gasteiger partial charge in [0.15, 0.2) is 0 Å². The average molecular weight is 419 g/mol. The number of nitrogens with zero attached hydrogens (tertiary/aromatic N) is 2. The minimum atomic E-state index is -4.50. The van der Waals surface area contributed by atoms with Crippen LogP contribution in [-0.2, 0) is 12.7 Å². The topological polar surface area (TPSA) is 65.4 Å². The third kappa shape index (κ3) is 4.40. The van der Waals surface area contributed by atoms with Gasteiger partial charge < -0.3 is 14.8 Å². The number of carbonyl (C=O) groups is 1. The van der Waals surface area contributed by atoms with Crippen LogP contribution in [-0.4, -0.2) is 29.9 Å². The Labute approximate surface area is 171 Å². The van der Waals surface area contributed by atoms with Gasteiger partial charge in [0.2, 0.25) is 0 Å². The van der Waals surface area contributed by atoms with E-state index in [1.165, 1.54) is 31.0 Å². The Hall–Kier alpha value is -3.49. The Balaban J connectivity index is 1.93. The summed E-state index contributed by atoms with van der Waals surface area (Å²) in [6, 6.07) is 11.2. The van der Waals surface area contributed by atoms with Crippen molar-refractivity contribution in [1.29, 1.82) is 0 Å². The van der Waals surface area contributed by atoms with Crippen molar-refractivity contribution in [2.45, 2.75) is 19.6 Å². The molecule has 0 aliphatic rings. The summed E-state index contributed by atoms with van der Waals surface area (Å²) in [5.41, 5.74) is 0.558. The van der Waals surface area contributed by atoms with Gasteiger partial charge in [0.25, 0.3) is 5.91 Å². The van der Waals surface area contributed by atoms with Crippen LogP contribution in [0.5, 0.6) is 11.5 Å². The first-order chi connectivity index (χ1) is 14.3. The van der Waals surface area contributed by atoms with Crippen LogP contribution in [0.4, 0.5) is 18.9 Å². The van der Waals surface area contributed by atoms with Crippen molar-refractivity contribution in [1.82, 2.24) is 9.78 Å². The van der Waals surface area contributed by atoms with Crippen LogP contribution < -0.4 is 14.8 Å². The summed E-state index contributed by atoms with van der Waals surface area (Å²) in [6.45, 7) is 2.20. The van der Waals surface area contributed by atoms with Gasteiger partial charge in [-0.05, 0) is 43.3 Å². The Bertz CT molecular complexity index is 1060. The Morgan fingerprint density at radius 1 is 1.10 bits per heavy atom. The molecule has 1 heterocycles. The van der Waals surface area contributed by atoms with Gasteiger partial charge in [0, 0.05) is 23.9 Å². The molecule has 158 valence electrons. The van der Waals surface area contributed by atoms with Crippen molar-refractivity contribution in [3.8, 4) is 22.8 Å². The number of aromatic nitrogens is 2. The van der Waals surface area contributed by atoms with Crippen molar-refractivity contribution in [3.63, 3.8) is 0 Å². The second kappa shape index (κ2) is 8.48. The van der Waals surface area contributed by atoms with Gasteiger partial charge in [-0.1, -0.05) is 6.07 Å². The standard InChI is InChI=1S/C21H20F3N3O3/c1-4-27-18(20(28)25-14-7-5-6-13(10-14)21(22,23)24)12-17(26-27)16-9-8-15(29-2)11-19(16)30-3/h5-12H,4H2,1-3H3,(H,25,28). The van der Waals surface area contributed by atoms with Crippen LogP contribution in [0.2, 0.25) is 0 Å². The van der Waals surface area contributed by atoms with E-state index in [4.69, 9.17) is 9.47 Å². The number of ether oxygens (including phenoxy) is 2. The summed E-state index contributed by atoms with van der Waals surface area (Å²) in [5.74, 6) is 0.551. The summed E-state index contributed by atoms with van der Waals surface area (Å²) in [4.78, 5) is 12.7. The largest absolute Gasteiger partial charge is 0.497 e. The third-order valence-electron chi connectivity index (χ3n) is 4.44. The molecule has 0 fully saturated rings. The number of aryl methyl sites for hydroxylation is 1. The Morgan fingerprint density at radius 2 is 1.87 bits per heavy atom. The van der Waals surface area contributed by atoms with Gasteiger partial charge in [-0.25, -0.2) is 0 Å². The number of hydrogen-bond acceptors (Lipinski definition) is 4. The van der Waals surface area contributed by atoms with E-state index in [-0.39, 0.29) is 11.4 Å². The molecule has 6 nitrogen and oxygen atoms in total. The smallest absolute Gasteiger partial charge is 0.416 e. The molecular formula is C21H20F3N3O3. The number of carbonyl (C=O) groups excluding carboxylic acids is 1. The fourth-order valence-corrected chi connectivity index (χ4v) is 2.95. The first kappa shape index (κ1) is 21.2. The molecule has 2 aromatic carbocycles. The molecule has 3 rings (SSSR count). The molecule has 9 heteroatoms. The van der Waals surface area contributed by atoms with E-state index in [2.05, 4.69) is 10.4 Å². The van der Waals surface area contributed by atoms with Gasteiger partial charge in [0.1, 0.15) is 17.2 Å². The van der Waals surface area contributed by atoms with Crippen molar-refractivity contribution < 1.29 is 27.4 Å². The van der Waals surface area contributed by atoms with E-state index < -0.39 is 17.6 Å². The van der Waals surface area contributed by atoms with E-state index in [1.807, 2.05) is 6.92 Å². The van der Waals surface area contributed by atoms with Crippen LogP contribution in [0.3, 0.4) is 0 Å². The highest BCUT2D eigenvalue weighted by atomic mass is 19.4. The summed E-state index contributed by atoms with van der Waals surface area (Å²) >= 11 is 0. The van der Waals surface area contributed by atoms with Crippen LogP contribution in [0.25, 0.3) is 11.3 Å². The number of nitrogens with one attached hydrogen (secondary N) is 1. The molecule has 0 unspecified atom stereocenters. The summed E-state index contributed by atoms with van der Waals surface area (Å²) in [6.07, 6.45) is -4.50. The van der Waals surface area contributed by atoms with Crippen LogP contribution in [0.1, 0.15) is 23.0 Å². The molecule has 0 bridgehead atoms. The predicted octanol–water partition coefficient (Wildman–Crippen LogP) is 4.86. The van der Waals surface area contributed by atoms with Crippen LogP contribution >= 0.6 is 0 Å². The number of alkyl halides is 3.